The second kappa shape index (κ2) is 11.3. The number of nitrogens with zero attached hydrogens (tertiary/aromatic N) is 2. The fraction of sp³-hybridized carbons (Fsp3) is 0.156. The van der Waals surface area contributed by atoms with Crippen molar-refractivity contribution in [1.82, 2.24) is 14.5 Å². The van der Waals surface area contributed by atoms with Gasteiger partial charge in [-0.15, -0.1) is 0 Å². The van der Waals surface area contributed by atoms with E-state index >= 15 is 0 Å². The van der Waals surface area contributed by atoms with Crippen molar-refractivity contribution in [3.05, 3.63) is 146 Å². The molecular formula is C32H28FN3O3. The Morgan fingerprint density at radius 3 is 2.28 bits per heavy atom. The van der Waals surface area contributed by atoms with Gasteiger partial charge in [-0.3, -0.25) is 14.2 Å². The minimum Gasteiger partial charge on any atom is -0.352 e. The molecule has 1 amide bonds. The van der Waals surface area contributed by atoms with Crippen LogP contribution < -0.4 is 16.6 Å². The van der Waals surface area contributed by atoms with E-state index in [1.54, 1.807) is 42.5 Å². The summed E-state index contributed by atoms with van der Waals surface area (Å²) in [7, 11) is 0. The van der Waals surface area contributed by atoms with Crippen molar-refractivity contribution in [1.29, 1.82) is 0 Å². The van der Waals surface area contributed by atoms with Crippen LogP contribution in [0.15, 0.2) is 107 Å². The Morgan fingerprint density at radius 2 is 1.56 bits per heavy atom. The summed E-state index contributed by atoms with van der Waals surface area (Å²) < 4.78 is 16.5. The third-order valence-corrected chi connectivity index (χ3v) is 6.78. The number of fused-ring (bicyclic) bond motifs is 1. The number of amides is 1. The average Bonchev–Trinajstić information content (AvgIpc) is 2.96. The largest absolute Gasteiger partial charge is 0.352 e. The van der Waals surface area contributed by atoms with Crippen LogP contribution in [-0.4, -0.2) is 21.6 Å². The maximum Gasteiger partial charge on any atom is 0.336 e. The molecule has 0 bridgehead atoms. The lowest BCUT2D eigenvalue weighted by molar-refractivity contribution is 0.0954. The van der Waals surface area contributed by atoms with Gasteiger partial charge in [0.2, 0.25) is 0 Å². The average molecular weight is 522 g/mol. The van der Waals surface area contributed by atoms with E-state index < -0.39 is 17.1 Å². The van der Waals surface area contributed by atoms with Gasteiger partial charge < -0.3 is 5.32 Å². The van der Waals surface area contributed by atoms with E-state index in [1.807, 2.05) is 49.4 Å². The van der Waals surface area contributed by atoms with Gasteiger partial charge in [0, 0.05) is 12.1 Å². The summed E-state index contributed by atoms with van der Waals surface area (Å²) in [6.07, 6.45) is 1.50. The summed E-state index contributed by atoms with van der Waals surface area (Å²) in [5.41, 5.74) is 2.78. The van der Waals surface area contributed by atoms with E-state index in [2.05, 4.69) is 5.32 Å². The first kappa shape index (κ1) is 25.9. The fourth-order valence-corrected chi connectivity index (χ4v) is 4.65. The molecular weight excluding hydrogens is 493 g/mol. The summed E-state index contributed by atoms with van der Waals surface area (Å²) in [6, 6.07) is 27.8. The van der Waals surface area contributed by atoms with Gasteiger partial charge in [0.25, 0.3) is 11.5 Å². The van der Waals surface area contributed by atoms with Gasteiger partial charge in [0.1, 0.15) is 5.82 Å². The molecule has 0 aliphatic carbocycles. The first-order chi connectivity index (χ1) is 18.9. The number of nitrogens with one attached hydrogen (secondary N) is 1. The van der Waals surface area contributed by atoms with Crippen LogP contribution in [0.4, 0.5) is 4.39 Å². The molecule has 5 rings (SSSR count). The molecule has 0 aliphatic heterocycles. The molecule has 4 aromatic carbocycles. The summed E-state index contributed by atoms with van der Waals surface area (Å²) in [6.45, 7) is 2.49. The number of aromatic nitrogens is 2. The first-order valence-corrected chi connectivity index (χ1v) is 12.9. The number of halogens is 1. The molecule has 0 radical (unpaired) electrons. The predicted octanol–water partition coefficient (Wildman–Crippen LogP) is 4.87. The Labute approximate surface area is 225 Å². The topological polar surface area (TPSA) is 73.1 Å². The minimum atomic E-state index is -0.567. The maximum absolute atomic E-state index is 14.0. The van der Waals surface area contributed by atoms with E-state index in [0.717, 1.165) is 22.1 Å². The molecule has 0 saturated heterocycles. The molecule has 1 N–H and O–H groups in total. The van der Waals surface area contributed by atoms with Crippen molar-refractivity contribution >= 4 is 16.8 Å². The van der Waals surface area contributed by atoms with E-state index in [4.69, 9.17) is 0 Å². The molecule has 6 nitrogen and oxygen atoms in total. The summed E-state index contributed by atoms with van der Waals surface area (Å²) >= 11 is 0. The molecule has 1 heterocycles. The van der Waals surface area contributed by atoms with Gasteiger partial charge in [-0.2, -0.15) is 0 Å². The molecule has 0 aliphatic rings. The molecule has 39 heavy (non-hydrogen) atoms. The first-order valence-electron chi connectivity index (χ1n) is 12.9. The second-order valence-corrected chi connectivity index (χ2v) is 9.38. The van der Waals surface area contributed by atoms with E-state index in [0.29, 0.717) is 35.3 Å². The molecule has 0 fully saturated rings. The number of hydrogen-bond donors (Lipinski definition) is 1. The molecule has 1 aromatic heterocycles. The number of carbonyl (C=O) groups is 1. The van der Waals surface area contributed by atoms with Crippen molar-refractivity contribution in [3.8, 4) is 5.69 Å². The van der Waals surface area contributed by atoms with E-state index in [-0.39, 0.29) is 17.8 Å². The number of hydrogen-bond acceptors (Lipinski definition) is 3. The Bertz CT molecular complexity index is 1760. The highest BCUT2D eigenvalue weighted by molar-refractivity contribution is 5.97. The highest BCUT2D eigenvalue weighted by Gasteiger charge is 2.17. The normalized spacial score (nSPS) is 11.0. The molecule has 0 unspecified atom stereocenters. The Balaban J connectivity index is 1.57. The zero-order valence-electron chi connectivity index (χ0n) is 21.6. The van der Waals surface area contributed by atoms with Crippen LogP contribution in [0.25, 0.3) is 16.6 Å². The highest BCUT2D eigenvalue weighted by atomic mass is 19.1. The number of carbonyl (C=O) groups excluding carboxylic acids is 1. The summed E-state index contributed by atoms with van der Waals surface area (Å²) in [5.74, 6) is -0.733. The van der Waals surface area contributed by atoms with Crippen LogP contribution in [0.5, 0.6) is 0 Å². The predicted molar refractivity (Wildman–Crippen MR) is 151 cm³/mol. The SMILES string of the molecule is CCc1ccc(-n2c(=O)c3ccc(C(=O)NCCc4ccccc4)cc3n(Cc3cccc(F)c3)c2=O)cc1. The lowest BCUT2D eigenvalue weighted by atomic mass is 10.1. The van der Waals surface area contributed by atoms with Crippen LogP contribution in [0.2, 0.25) is 0 Å². The lowest BCUT2D eigenvalue weighted by Gasteiger charge is -2.16. The Morgan fingerprint density at radius 1 is 0.821 bits per heavy atom. The Kier molecular flexibility index (Phi) is 7.50. The minimum absolute atomic E-state index is 0.0273. The van der Waals surface area contributed by atoms with Gasteiger partial charge in [-0.25, -0.2) is 13.8 Å². The molecule has 0 saturated carbocycles. The van der Waals surface area contributed by atoms with E-state index in [9.17, 15) is 18.8 Å². The second-order valence-electron chi connectivity index (χ2n) is 9.38. The quantitative estimate of drug-likeness (QED) is 0.317. The van der Waals surface area contributed by atoms with Crippen molar-refractivity contribution in [2.45, 2.75) is 26.3 Å². The van der Waals surface area contributed by atoms with Gasteiger partial charge in [-0.05, 0) is 72.0 Å². The molecule has 196 valence electrons. The highest BCUT2D eigenvalue weighted by Crippen LogP contribution is 2.16. The van der Waals surface area contributed by atoms with Crippen LogP contribution in [0, 0.1) is 5.82 Å². The van der Waals surface area contributed by atoms with Crippen molar-refractivity contribution in [3.63, 3.8) is 0 Å². The van der Waals surface area contributed by atoms with Gasteiger partial charge in [-0.1, -0.05) is 61.5 Å². The maximum atomic E-state index is 14.0. The zero-order chi connectivity index (χ0) is 27.4. The van der Waals surface area contributed by atoms with Crippen molar-refractivity contribution in [2.24, 2.45) is 0 Å². The van der Waals surface area contributed by atoms with Gasteiger partial charge in [0.05, 0.1) is 23.1 Å². The lowest BCUT2D eigenvalue weighted by Crippen LogP contribution is -2.39. The standard InChI is InChI=1S/C32H28FN3O3/c1-2-22-11-14-27(15-12-22)36-31(38)28-16-13-25(30(37)34-18-17-23-7-4-3-5-8-23)20-29(28)35(32(36)39)21-24-9-6-10-26(33)19-24/h3-16,19-20H,2,17-18,21H2,1H3,(H,34,37). The molecule has 7 heteroatoms. The summed E-state index contributed by atoms with van der Waals surface area (Å²) in [4.78, 5) is 40.3. The van der Waals surface area contributed by atoms with E-state index in [1.165, 1.54) is 16.7 Å². The third-order valence-electron chi connectivity index (χ3n) is 6.78. The van der Waals surface area contributed by atoms with Gasteiger partial charge >= 0.3 is 5.69 Å². The van der Waals surface area contributed by atoms with Crippen LogP contribution in [0.1, 0.15) is 34.0 Å². The van der Waals surface area contributed by atoms with Crippen LogP contribution in [-0.2, 0) is 19.4 Å². The van der Waals surface area contributed by atoms with Gasteiger partial charge in [0.15, 0.2) is 0 Å². The molecule has 5 aromatic rings. The third kappa shape index (κ3) is 5.57. The zero-order valence-corrected chi connectivity index (χ0v) is 21.6. The molecule has 0 atom stereocenters. The van der Waals surface area contributed by atoms with Crippen molar-refractivity contribution < 1.29 is 9.18 Å². The smallest absolute Gasteiger partial charge is 0.336 e. The van der Waals surface area contributed by atoms with Crippen LogP contribution >= 0.6 is 0 Å². The molecule has 0 spiro atoms. The number of rotatable bonds is 8. The van der Waals surface area contributed by atoms with Crippen LogP contribution in [0.3, 0.4) is 0 Å². The number of aryl methyl sites for hydroxylation is 1. The summed E-state index contributed by atoms with van der Waals surface area (Å²) in [5, 5.41) is 3.19. The Hall–Kier alpha value is -4.78. The fourth-order valence-electron chi connectivity index (χ4n) is 4.65. The number of benzene rings is 4. The van der Waals surface area contributed by atoms with Crippen molar-refractivity contribution in [2.75, 3.05) is 6.54 Å². The monoisotopic (exact) mass is 521 g/mol.